The van der Waals surface area contributed by atoms with Crippen LogP contribution in [-0.2, 0) is 21.6 Å². The first-order valence-corrected chi connectivity index (χ1v) is 9.28. The van der Waals surface area contributed by atoms with Gasteiger partial charge in [0.15, 0.2) is 0 Å². The topological polar surface area (TPSA) is 145 Å². The van der Waals surface area contributed by atoms with E-state index < -0.39 is 38.7 Å². The van der Waals surface area contributed by atoms with Crippen molar-refractivity contribution < 1.29 is 22.9 Å². The molecule has 0 bridgehead atoms. The molecule has 0 radical (unpaired) electrons. The van der Waals surface area contributed by atoms with Gasteiger partial charge in [0.2, 0.25) is 0 Å². The van der Waals surface area contributed by atoms with Crippen molar-refractivity contribution in [3.63, 3.8) is 0 Å². The molecule has 1 aliphatic heterocycles. The lowest BCUT2D eigenvalue weighted by Gasteiger charge is -2.29. The molecule has 25 heavy (non-hydrogen) atoms. The van der Waals surface area contributed by atoms with E-state index in [-0.39, 0.29) is 19.6 Å². The summed E-state index contributed by atoms with van der Waals surface area (Å²) in [6, 6.07) is 8.80. The van der Waals surface area contributed by atoms with E-state index in [9.17, 15) is 23.3 Å². The summed E-state index contributed by atoms with van der Waals surface area (Å²) >= 11 is 4.20. The third-order valence-corrected chi connectivity index (χ3v) is 4.67. The van der Waals surface area contributed by atoms with Gasteiger partial charge in [0.25, 0.3) is 10.2 Å². The summed E-state index contributed by atoms with van der Waals surface area (Å²) in [6.07, 6.45) is -1.07. The van der Waals surface area contributed by atoms with Gasteiger partial charge < -0.3 is 4.74 Å². The number of nitrogens with zero attached hydrogens (tertiary/aromatic N) is 2. The minimum absolute atomic E-state index is 0.0516. The van der Waals surface area contributed by atoms with Gasteiger partial charge in [-0.15, -0.1) is 0 Å². The summed E-state index contributed by atoms with van der Waals surface area (Å²) in [4.78, 5) is 24.2. The minimum atomic E-state index is -4.16. The monoisotopic (exact) mass is 390 g/mol. The van der Waals surface area contributed by atoms with Crippen LogP contribution in [0.25, 0.3) is 0 Å². The normalized spacial score (nSPS) is 23.4. The number of likely N-dealkylation sites (tertiary alicyclic amines) is 1. The number of benzene rings is 1. The van der Waals surface area contributed by atoms with Crippen LogP contribution in [0.15, 0.2) is 30.3 Å². The number of hydrogen-bond acceptors (Lipinski definition) is 7. The zero-order valence-electron chi connectivity index (χ0n) is 13.1. The summed E-state index contributed by atoms with van der Waals surface area (Å²) in [5.41, 5.74) is -1.29. The third kappa shape index (κ3) is 4.81. The Morgan fingerprint density at radius 2 is 2.12 bits per heavy atom. The molecular weight excluding hydrogens is 372 g/mol. The number of thiol groups is 1. The second kappa shape index (κ2) is 7.56. The van der Waals surface area contributed by atoms with Crippen molar-refractivity contribution in [1.82, 2.24) is 9.62 Å². The van der Waals surface area contributed by atoms with Crippen molar-refractivity contribution in [2.45, 2.75) is 23.9 Å². The maximum Gasteiger partial charge on any atom is 0.415 e. The molecule has 1 fully saturated rings. The van der Waals surface area contributed by atoms with Crippen LogP contribution < -0.4 is 9.86 Å². The van der Waals surface area contributed by atoms with Crippen LogP contribution in [0.4, 0.5) is 4.79 Å². The average Bonchev–Trinajstić information content (AvgIpc) is 2.89. The molecular formula is C13H18N4O6S2. The minimum Gasteiger partial charge on any atom is -0.444 e. The number of nitro groups is 1. The smallest absolute Gasteiger partial charge is 0.415 e. The number of nitrogens with two attached hydrogens (primary N) is 1. The fourth-order valence-corrected chi connectivity index (χ4v) is 3.48. The zero-order valence-corrected chi connectivity index (χ0v) is 14.8. The number of rotatable bonds is 6. The molecule has 12 heteroatoms. The van der Waals surface area contributed by atoms with Crippen molar-refractivity contribution in [3.8, 4) is 0 Å². The van der Waals surface area contributed by atoms with Gasteiger partial charge in [-0.3, -0.25) is 10.1 Å². The number of carbonyl (C=O) groups is 1. The van der Waals surface area contributed by atoms with Crippen LogP contribution in [0.1, 0.15) is 12.0 Å². The molecule has 2 atom stereocenters. The second-order valence-electron chi connectivity index (χ2n) is 5.61. The van der Waals surface area contributed by atoms with Crippen LogP contribution in [0.3, 0.4) is 0 Å². The lowest BCUT2D eigenvalue weighted by Crippen LogP contribution is -2.59. The molecule has 1 saturated heterocycles. The highest BCUT2D eigenvalue weighted by Crippen LogP contribution is 2.33. The van der Waals surface area contributed by atoms with Crippen molar-refractivity contribution >= 4 is 28.9 Å². The second-order valence-corrected chi connectivity index (χ2v) is 7.72. The van der Waals surface area contributed by atoms with E-state index in [0.29, 0.717) is 5.56 Å². The standard InChI is InChI=1S/C13H18N4O6S2/c14-25(21,22)15-9-13(17(19)20)6-11(24)7-16(13)12(18)23-8-10-4-2-1-3-5-10/h1-5,11,15,24H,6-9H2,(H2,14,21,22). The van der Waals surface area contributed by atoms with Crippen molar-refractivity contribution in [2.75, 3.05) is 13.1 Å². The molecule has 1 heterocycles. The lowest BCUT2D eigenvalue weighted by atomic mass is 10.1. The van der Waals surface area contributed by atoms with Gasteiger partial charge in [-0.05, 0) is 5.56 Å². The van der Waals surface area contributed by atoms with Gasteiger partial charge in [0.05, 0.1) is 11.3 Å². The van der Waals surface area contributed by atoms with Gasteiger partial charge in [-0.2, -0.15) is 25.8 Å². The van der Waals surface area contributed by atoms with Gasteiger partial charge >= 0.3 is 11.8 Å². The van der Waals surface area contributed by atoms with Crippen molar-refractivity contribution in [2.24, 2.45) is 5.14 Å². The number of hydrogen-bond donors (Lipinski definition) is 3. The first-order chi connectivity index (χ1) is 11.6. The Kier molecular flexibility index (Phi) is 5.87. The highest BCUT2D eigenvalue weighted by molar-refractivity contribution is 7.87. The van der Waals surface area contributed by atoms with Crippen LogP contribution in [0, 0.1) is 10.1 Å². The molecule has 0 saturated carbocycles. The molecule has 0 spiro atoms. The molecule has 1 aromatic carbocycles. The van der Waals surface area contributed by atoms with E-state index in [1.165, 1.54) is 0 Å². The fraction of sp³-hybridized carbons (Fsp3) is 0.462. The molecule has 2 rings (SSSR count). The first-order valence-electron chi connectivity index (χ1n) is 7.22. The maximum atomic E-state index is 12.4. The van der Waals surface area contributed by atoms with Crippen LogP contribution >= 0.6 is 12.6 Å². The quantitative estimate of drug-likeness (QED) is 0.357. The summed E-state index contributed by atoms with van der Waals surface area (Å²) in [5, 5.41) is 16.0. The van der Waals surface area contributed by atoms with Crippen molar-refractivity contribution in [1.29, 1.82) is 0 Å². The van der Waals surface area contributed by atoms with Gasteiger partial charge in [-0.25, -0.2) is 14.8 Å². The Balaban J connectivity index is 2.16. The molecule has 0 aliphatic carbocycles. The predicted octanol–water partition coefficient (Wildman–Crippen LogP) is 0.0934. The lowest BCUT2D eigenvalue weighted by molar-refractivity contribution is -0.589. The van der Waals surface area contributed by atoms with Gasteiger partial charge in [0, 0.05) is 11.8 Å². The van der Waals surface area contributed by atoms with Gasteiger partial charge in [-0.1, -0.05) is 30.3 Å². The van der Waals surface area contributed by atoms with Crippen LogP contribution in [0.5, 0.6) is 0 Å². The molecule has 1 aliphatic rings. The van der Waals surface area contributed by atoms with Crippen LogP contribution in [0.2, 0.25) is 0 Å². The van der Waals surface area contributed by atoms with Crippen molar-refractivity contribution in [3.05, 3.63) is 46.0 Å². The van der Waals surface area contributed by atoms with E-state index in [0.717, 1.165) is 4.90 Å². The highest BCUT2D eigenvalue weighted by Gasteiger charge is 2.58. The molecule has 1 aromatic rings. The molecule has 2 unspecified atom stereocenters. The Bertz CT molecular complexity index is 744. The molecule has 138 valence electrons. The summed E-state index contributed by atoms with van der Waals surface area (Å²) in [7, 11) is -4.16. The van der Waals surface area contributed by atoms with E-state index in [4.69, 9.17) is 9.88 Å². The Hall–Kier alpha value is -1.89. The SMILES string of the molecule is NS(=O)(=O)NCC1([N+](=O)[O-])CC(S)CN1C(=O)OCc1ccccc1. The Labute approximate surface area is 150 Å². The Morgan fingerprint density at radius 1 is 1.48 bits per heavy atom. The van der Waals surface area contributed by atoms with E-state index in [1.54, 1.807) is 30.3 Å². The van der Waals surface area contributed by atoms with E-state index in [2.05, 4.69) is 12.6 Å². The number of carbonyl (C=O) groups excluding carboxylic acids is 1. The highest BCUT2D eigenvalue weighted by atomic mass is 32.2. The summed E-state index contributed by atoms with van der Waals surface area (Å²) < 4.78 is 29.3. The molecule has 1 amide bonds. The first kappa shape index (κ1) is 19.4. The molecule has 0 aromatic heterocycles. The number of amides is 1. The van der Waals surface area contributed by atoms with Crippen LogP contribution in [-0.4, -0.2) is 48.3 Å². The summed E-state index contributed by atoms with van der Waals surface area (Å²) in [5.74, 6) is 0. The number of nitrogens with one attached hydrogen (secondary N) is 1. The third-order valence-electron chi connectivity index (χ3n) is 3.78. The molecule has 3 N–H and O–H groups in total. The fourth-order valence-electron chi connectivity index (χ4n) is 2.60. The Morgan fingerprint density at radius 3 is 2.68 bits per heavy atom. The summed E-state index contributed by atoms with van der Waals surface area (Å²) in [6.45, 7) is -0.788. The number of ether oxygens (including phenoxy) is 1. The van der Waals surface area contributed by atoms with E-state index >= 15 is 0 Å². The average molecular weight is 390 g/mol. The zero-order chi connectivity index (χ0) is 18.7. The molecule has 10 nitrogen and oxygen atoms in total. The maximum absolute atomic E-state index is 12.4. The van der Waals surface area contributed by atoms with E-state index in [1.807, 2.05) is 4.72 Å². The van der Waals surface area contributed by atoms with Gasteiger partial charge in [0.1, 0.15) is 13.2 Å². The largest absolute Gasteiger partial charge is 0.444 e. The predicted molar refractivity (Wildman–Crippen MR) is 91.6 cm³/mol.